The van der Waals surface area contributed by atoms with Crippen molar-refractivity contribution >= 4 is 11.3 Å². The molecule has 1 N–H and O–H groups in total. The second kappa shape index (κ2) is 5.02. The number of hydrogen-bond acceptors (Lipinski definition) is 4. The van der Waals surface area contributed by atoms with Crippen molar-refractivity contribution in [3.8, 4) is 10.7 Å². The van der Waals surface area contributed by atoms with E-state index in [0.717, 1.165) is 17.1 Å². The molecular weight excluding hydrogens is 254 g/mol. The summed E-state index contributed by atoms with van der Waals surface area (Å²) in [5, 5.41) is 4.47. The van der Waals surface area contributed by atoms with Crippen molar-refractivity contribution in [3.05, 3.63) is 34.0 Å². The number of aryl methyl sites for hydroxylation is 3. The Kier molecular flexibility index (Phi) is 3.37. The summed E-state index contributed by atoms with van der Waals surface area (Å²) in [4.78, 5) is 10.8. The van der Waals surface area contributed by atoms with Crippen molar-refractivity contribution in [2.45, 2.75) is 39.2 Å². The van der Waals surface area contributed by atoms with Crippen molar-refractivity contribution in [1.82, 2.24) is 15.3 Å². The number of rotatable bonds is 2. The van der Waals surface area contributed by atoms with Crippen LogP contribution < -0.4 is 5.32 Å². The predicted octanol–water partition coefficient (Wildman–Crippen LogP) is 3.42. The Balaban J connectivity index is 2.05. The molecule has 3 rings (SSSR count). The Morgan fingerprint density at radius 1 is 1.37 bits per heavy atom. The van der Waals surface area contributed by atoms with Gasteiger partial charge in [-0.3, -0.25) is 4.98 Å². The summed E-state index contributed by atoms with van der Waals surface area (Å²) in [7, 11) is 2.04. The zero-order valence-electron chi connectivity index (χ0n) is 11.7. The highest BCUT2D eigenvalue weighted by atomic mass is 32.1. The van der Waals surface area contributed by atoms with Gasteiger partial charge in [0.25, 0.3) is 0 Å². The van der Waals surface area contributed by atoms with Gasteiger partial charge in [-0.15, -0.1) is 11.3 Å². The quantitative estimate of drug-likeness (QED) is 0.911. The lowest BCUT2D eigenvalue weighted by molar-refractivity contribution is 0.501. The third-order valence-corrected chi connectivity index (χ3v) is 4.93. The minimum Gasteiger partial charge on any atom is -0.312 e. The van der Waals surface area contributed by atoms with Crippen LogP contribution in [-0.4, -0.2) is 17.0 Å². The van der Waals surface area contributed by atoms with E-state index in [0.29, 0.717) is 6.04 Å². The maximum absolute atomic E-state index is 4.83. The molecule has 1 unspecified atom stereocenters. The number of pyridine rings is 1. The van der Waals surface area contributed by atoms with Crippen molar-refractivity contribution in [1.29, 1.82) is 0 Å². The molecule has 1 atom stereocenters. The fourth-order valence-corrected chi connectivity index (χ4v) is 4.05. The van der Waals surface area contributed by atoms with Crippen molar-refractivity contribution in [2.24, 2.45) is 0 Å². The molecule has 3 nitrogen and oxygen atoms in total. The lowest BCUT2D eigenvalue weighted by atomic mass is 9.98. The minimum atomic E-state index is 0.473. The third kappa shape index (κ3) is 2.30. The summed E-state index contributed by atoms with van der Waals surface area (Å²) < 4.78 is 0. The van der Waals surface area contributed by atoms with E-state index in [9.17, 15) is 0 Å². The molecule has 2 heterocycles. The van der Waals surface area contributed by atoms with E-state index in [2.05, 4.69) is 30.2 Å². The fraction of sp³-hybridized carbons (Fsp3) is 0.467. The number of hydrogen-bond donors (Lipinski definition) is 1. The average Bonchev–Trinajstić information content (AvgIpc) is 2.81. The van der Waals surface area contributed by atoms with Gasteiger partial charge in [-0.25, -0.2) is 4.98 Å². The molecular formula is C15H19N3S. The number of fused-ring (bicyclic) bond motifs is 1. The molecule has 0 saturated carbocycles. The third-order valence-electron chi connectivity index (χ3n) is 3.72. The van der Waals surface area contributed by atoms with Crippen LogP contribution in [0, 0.1) is 13.8 Å². The summed E-state index contributed by atoms with van der Waals surface area (Å²) in [5.74, 6) is 0. The first-order valence-electron chi connectivity index (χ1n) is 6.79. The number of nitrogens with one attached hydrogen (secondary N) is 1. The Bertz CT molecular complexity index is 603. The van der Waals surface area contributed by atoms with Gasteiger partial charge in [0.2, 0.25) is 0 Å². The predicted molar refractivity (Wildman–Crippen MR) is 79.6 cm³/mol. The lowest BCUT2D eigenvalue weighted by Gasteiger charge is -2.19. The second-order valence-electron chi connectivity index (χ2n) is 5.24. The van der Waals surface area contributed by atoms with Crippen molar-refractivity contribution < 1.29 is 0 Å². The summed E-state index contributed by atoms with van der Waals surface area (Å²) in [6.07, 6.45) is 5.47. The summed E-state index contributed by atoms with van der Waals surface area (Å²) in [5.41, 5.74) is 4.73. The van der Waals surface area contributed by atoms with Crippen LogP contribution in [0.1, 0.15) is 40.6 Å². The first-order chi connectivity index (χ1) is 9.19. The molecule has 0 saturated heterocycles. The minimum absolute atomic E-state index is 0.473. The van der Waals surface area contributed by atoms with Crippen LogP contribution in [0.15, 0.2) is 12.3 Å². The van der Waals surface area contributed by atoms with Gasteiger partial charge in [0.15, 0.2) is 0 Å². The molecule has 2 aromatic heterocycles. The average molecular weight is 273 g/mol. The van der Waals surface area contributed by atoms with Gasteiger partial charge in [0.05, 0.1) is 5.69 Å². The van der Waals surface area contributed by atoms with Crippen LogP contribution >= 0.6 is 11.3 Å². The van der Waals surface area contributed by atoms with Crippen LogP contribution in [0.2, 0.25) is 0 Å². The Morgan fingerprint density at radius 3 is 2.95 bits per heavy atom. The van der Waals surface area contributed by atoms with E-state index in [1.54, 1.807) is 11.3 Å². The molecule has 19 heavy (non-hydrogen) atoms. The molecule has 0 bridgehead atoms. The van der Waals surface area contributed by atoms with Crippen LogP contribution in [0.4, 0.5) is 0 Å². The van der Waals surface area contributed by atoms with Crippen LogP contribution in [0.25, 0.3) is 10.7 Å². The summed E-state index contributed by atoms with van der Waals surface area (Å²) >= 11 is 1.81. The van der Waals surface area contributed by atoms with E-state index in [1.807, 2.05) is 13.2 Å². The first kappa shape index (κ1) is 12.8. The van der Waals surface area contributed by atoms with Crippen LogP contribution in [0.5, 0.6) is 0 Å². The molecule has 0 aliphatic heterocycles. The molecule has 0 amide bonds. The van der Waals surface area contributed by atoms with Gasteiger partial charge in [-0.1, -0.05) is 6.07 Å². The Labute approximate surface area is 118 Å². The highest BCUT2D eigenvalue weighted by molar-refractivity contribution is 7.15. The Morgan fingerprint density at radius 2 is 2.21 bits per heavy atom. The zero-order valence-corrected chi connectivity index (χ0v) is 12.5. The normalized spacial score (nSPS) is 18.4. The van der Waals surface area contributed by atoms with Gasteiger partial charge in [0.1, 0.15) is 10.7 Å². The highest BCUT2D eigenvalue weighted by Gasteiger charge is 2.24. The monoisotopic (exact) mass is 273 g/mol. The number of aromatic nitrogens is 2. The van der Waals surface area contributed by atoms with Crippen molar-refractivity contribution in [2.75, 3.05) is 7.05 Å². The molecule has 1 aliphatic carbocycles. The molecule has 0 aromatic carbocycles. The second-order valence-corrected chi connectivity index (χ2v) is 6.27. The number of nitrogens with zero attached hydrogens (tertiary/aromatic N) is 2. The van der Waals surface area contributed by atoms with E-state index in [1.165, 1.54) is 34.5 Å². The highest BCUT2D eigenvalue weighted by Crippen LogP contribution is 2.37. The molecule has 1 aliphatic rings. The van der Waals surface area contributed by atoms with E-state index in [-0.39, 0.29) is 0 Å². The lowest BCUT2D eigenvalue weighted by Crippen LogP contribution is -2.19. The van der Waals surface area contributed by atoms with Crippen molar-refractivity contribution in [3.63, 3.8) is 0 Å². The molecule has 2 aromatic rings. The fourth-order valence-electron chi connectivity index (χ4n) is 2.74. The molecule has 0 fully saturated rings. The maximum Gasteiger partial charge on any atom is 0.142 e. The molecule has 4 heteroatoms. The van der Waals surface area contributed by atoms with Crippen LogP contribution in [0.3, 0.4) is 0 Å². The molecule has 100 valence electrons. The molecule has 0 spiro atoms. The first-order valence-corrected chi connectivity index (χ1v) is 7.61. The van der Waals surface area contributed by atoms with Crippen LogP contribution in [-0.2, 0) is 6.42 Å². The summed E-state index contributed by atoms with van der Waals surface area (Å²) in [6, 6.07) is 2.65. The van der Waals surface area contributed by atoms with Gasteiger partial charge in [-0.2, -0.15) is 0 Å². The van der Waals surface area contributed by atoms with Gasteiger partial charge in [0, 0.05) is 17.1 Å². The largest absolute Gasteiger partial charge is 0.312 e. The SMILES string of the molecule is CNC1CCCc2nc(-c3ncc(C)cc3C)sc21. The van der Waals surface area contributed by atoms with E-state index < -0.39 is 0 Å². The van der Waals surface area contributed by atoms with Gasteiger partial charge in [-0.05, 0) is 51.3 Å². The standard InChI is InChI=1S/C15H19N3S/c1-9-7-10(2)13(17-8-9)15-18-12-6-4-5-11(16-3)14(12)19-15/h7-8,11,16H,4-6H2,1-3H3. The van der Waals surface area contributed by atoms with Gasteiger partial charge >= 0.3 is 0 Å². The zero-order chi connectivity index (χ0) is 13.4. The number of thiazole rings is 1. The Hall–Kier alpha value is -1.26. The smallest absolute Gasteiger partial charge is 0.142 e. The van der Waals surface area contributed by atoms with Gasteiger partial charge < -0.3 is 5.32 Å². The summed E-state index contributed by atoms with van der Waals surface area (Å²) in [6.45, 7) is 4.19. The van der Waals surface area contributed by atoms with E-state index >= 15 is 0 Å². The topological polar surface area (TPSA) is 37.8 Å². The van der Waals surface area contributed by atoms with E-state index in [4.69, 9.17) is 4.98 Å². The molecule has 0 radical (unpaired) electrons. The maximum atomic E-state index is 4.83.